The smallest absolute Gasteiger partial charge is 0.317 e. The van der Waals surface area contributed by atoms with E-state index in [1.165, 1.54) is 12.8 Å². The van der Waals surface area contributed by atoms with Crippen molar-refractivity contribution in [2.75, 3.05) is 20.1 Å². The number of nitrogens with zero attached hydrogens (tertiary/aromatic N) is 2. The molecule has 0 spiro atoms. The summed E-state index contributed by atoms with van der Waals surface area (Å²) in [5.74, 6) is 0. The molecule has 2 fully saturated rings. The van der Waals surface area contributed by atoms with Crippen molar-refractivity contribution in [3.63, 3.8) is 0 Å². The molecule has 0 aromatic heterocycles. The number of benzene rings is 1. The van der Waals surface area contributed by atoms with Gasteiger partial charge in [0.1, 0.15) is 0 Å². The molecule has 2 amide bonds. The first-order chi connectivity index (χ1) is 10.5. The minimum atomic E-state index is -0.0376. The highest BCUT2D eigenvalue weighted by Crippen LogP contribution is 2.28. The van der Waals surface area contributed by atoms with Gasteiger partial charge in [-0.3, -0.25) is 4.90 Å². The lowest BCUT2D eigenvalue weighted by Crippen LogP contribution is -2.45. The van der Waals surface area contributed by atoms with Gasteiger partial charge < -0.3 is 10.2 Å². The number of hydrogen-bond donors (Lipinski definition) is 1. The van der Waals surface area contributed by atoms with E-state index in [1.807, 2.05) is 36.1 Å². The van der Waals surface area contributed by atoms with E-state index in [9.17, 15) is 4.79 Å². The lowest BCUT2D eigenvalue weighted by atomic mass is 10.1. The molecule has 2 aliphatic heterocycles. The Bertz CT molecular complexity index is 550. The molecule has 0 unspecified atom stereocenters. The first-order valence-corrected chi connectivity index (χ1v) is 8.45. The van der Waals surface area contributed by atoms with Crippen molar-refractivity contribution in [3.8, 4) is 0 Å². The van der Waals surface area contributed by atoms with Gasteiger partial charge in [0.15, 0.2) is 0 Å². The quantitative estimate of drug-likeness (QED) is 0.907. The van der Waals surface area contributed by atoms with Gasteiger partial charge in [0.2, 0.25) is 0 Å². The maximum atomic E-state index is 12.6. The fraction of sp³-hybridized carbons (Fsp3) is 0.588. The molecular formula is C17H24ClN3O. The van der Waals surface area contributed by atoms with E-state index in [1.54, 1.807) is 0 Å². The molecule has 4 nitrogen and oxygen atoms in total. The number of fused-ring (bicyclic) bond motifs is 2. The van der Waals surface area contributed by atoms with Gasteiger partial charge in [-0.15, -0.1) is 0 Å². The normalized spacial score (nSPS) is 26.6. The van der Waals surface area contributed by atoms with Crippen LogP contribution in [0.4, 0.5) is 4.79 Å². The summed E-state index contributed by atoms with van der Waals surface area (Å²) < 4.78 is 0. The van der Waals surface area contributed by atoms with Gasteiger partial charge in [-0.1, -0.05) is 23.7 Å². The largest absolute Gasteiger partial charge is 0.331 e. The Morgan fingerprint density at radius 1 is 1.32 bits per heavy atom. The molecule has 2 saturated heterocycles. The summed E-state index contributed by atoms with van der Waals surface area (Å²) in [6.07, 6.45) is 3.55. The van der Waals surface area contributed by atoms with Crippen LogP contribution in [0.3, 0.4) is 0 Å². The van der Waals surface area contributed by atoms with Gasteiger partial charge in [0.05, 0.1) is 6.04 Å². The molecule has 2 heterocycles. The molecule has 3 atom stereocenters. The molecule has 22 heavy (non-hydrogen) atoms. The summed E-state index contributed by atoms with van der Waals surface area (Å²) >= 11 is 6.03. The molecular weight excluding hydrogens is 298 g/mol. The highest BCUT2D eigenvalue weighted by Gasteiger charge is 2.36. The summed E-state index contributed by atoms with van der Waals surface area (Å²) in [6.45, 7) is 3.68. The molecule has 3 rings (SSSR count). The molecule has 1 aromatic rings. The summed E-state index contributed by atoms with van der Waals surface area (Å²) in [5.41, 5.74) is 1.04. The van der Waals surface area contributed by atoms with Crippen LogP contribution in [0.15, 0.2) is 24.3 Å². The van der Waals surface area contributed by atoms with Crippen molar-refractivity contribution < 1.29 is 4.79 Å². The van der Waals surface area contributed by atoms with Crippen molar-refractivity contribution in [2.45, 2.75) is 44.3 Å². The molecule has 2 aliphatic rings. The topological polar surface area (TPSA) is 35.6 Å². The van der Waals surface area contributed by atoms with E-state index in [0.717, 1.165) is 25.1 Å². The number of carbonyl (C=O) groups is 1. The number of likely N-dealkylation sites (N-methyl/N-ethyl adjacent to an activating group) is 1. The minimum Gasteiger partial charge on any atom is -0.331 e. The zero-order chi connectivity index (χ0) is 15.7. The van der Waals surface area contributed by atoms with E-state index in [-0.39, 0.29) is 12.1 Å². The number of urea groups is 1. The fourth-order valence-electron chi connectivity index (χ4n) is 3.63. The predicted molar refractivity (Wildman–Crippen MR) is 89.2 cm³/mol. The van der Waals surface area contributed by atoms with Gasteiger partial charge in [-0.25, -0.2) is 4.79 Å². The average Bonchev–Trinajstić information content (AvgIpc) is 2.71. The second-order valence-corrected chi connectivity index (χ2v) is 6.95. The number of amides is 2. The van der Waals surface area contributed by atoms with Crippen molar-refractivity contribution in [3.05, 3.63) is 34.9 Å². The Hall–Kier alpha value is -1.26. The average molecular weight is 322 g/mol. The Kier molecular flexibility index (Phi) is 4.59. The van der Waals surface area contributed by atoms with Crippen LogP contribution < -0.4 is 5.32 Å². The Labute approximate surface area is 137 Å². The van der Waals surface area contributed by atoms with Gasteiger partial charge in [0.25, 0.3) is 0 Å². The predicted octanol–water partition coefficient (Wildman–Crippen LogP) is 3.28. The van der Waals surface area contributed by atoms with Crippen LogP contribution in [0.2, 0.25) is 5.02 Å². The minimum absolute atomic E-state index is 0.0356. The molecule has 5 heteroatoms. The highest BCUT2D eigenvalue weighted by atomic mass is 35.5. The van der Waals surface area contributed by atoms with E-state index in [4.69, 9.17) is 11.6 Å². The summed E-state index contributed by atoms with van der Waals surface area (Å²) in [7, 11) is 2.19. The number of nitrogens with one attached hydrogen (secondary N) is 1. The summed E-state index contributed by atoms with van der Waals surface area (Å²) in [4.78, 5) is 17.0. The Morgan fingerprint density at radius 3 is 2.86 bits per heavy atom. The van der Waals surface area contributed by atoms with Crippen LogP contribution in [0.1, 0.15) is 37.8 Å². The van der Waals surface area contributed by atoms with Gasteiger partial charge in [0, 0.05) is 30.2 Å². The number of rotatable bonds is 2. The molecule has 0 aliphatic carbocycles. The highest BCUT2D eigenvalue weighted by molar-refractivity contribution is 6.30. The third-order valence-electron chi connectivity index (χ3n) is 5.12. The monoisotopic (exact) mass is 321 g/mol. The number of halogens is 1. The maximum Gasteiger partial charge on any atom is 0.317 e. The van der Waals surface area contributed by atoms with Crippen molar-refractivity contribution in [1.82, 2.24) is 15.1 Å². The zero-order valence-corrected chi connectivity index (χ0v) is 14.0. The lowest BCUT2D eigenvalue weighted by molar-refractivity contribution is 0.185. The van der Waals surface area contributed by atoms with Crippen molar-refractivity contribution in [1.29, 1.82) is 0 Å². The van der Waals surface area contributed by atoms with Crippen LogP contribution in [0.25, 0.3) is 0 Å². The van der Waals surface area contributed by atoms with Crippen LogP contribution >= 0.6 is 11.6 Å². The van der Waals surface area contributed by atoms with Crippen molar-refractivity contribution in [2.24, 2.45) is 0 Å². The Morgan fingerprint density at radius 2 is 2.09 bits per heavy atom. The van der Waals surface area contributed by atoms with E-state index >= 15 is 0 Å². The van der Waals surface area contributed by atoms with Gasteiger partial charge in [-0.05, 0) is 50.9 Å². The van der Waals surface area contributed by atoms with Crippen LogP contribution in [-0.2, 0) is 0 Å². The summed E-state index contributed by atoms with van der Waals surface area (Å²) in [6, 6.07) is 8.83. The van der Waals surface area contributed by atoms with Crippen LogP contribution in [-0.4, -0.2) is 48.1 Å². The summed E-state index contributed by atoms with van der Waals surface area (Å²) in [5, 5.41) is 3.81. The maximum absolute atomic E-state index is 12.6. The lowest BCUT2D eigenvalue weighted by Gasteiger charge is -2.27. The standard InChI is InChI=1S/C17H24ClN3O/c1-12(13-4-3-5-14(18)10-13)19-17(22)21-9-8-15-6-7-16(11-21)20(15)2/h3-5,10,12,15-16H,6-9,11H2,1-2H3,(H,19,22)/t12-,15-,16+/m1/s1. The van der Waals surface area contributed by atoms with Crippen LogP contribution in [0, 0.1) is 0 Å². The SMILES string of the molecule is C[C@@H](NC(=O)N1CC[C@H]2CC[C@@H](C1)N2C)c1cccc(Cl)c1. The second kappa shape index (κ2) is 6.47. The Balaban J connectivity index is 1.62. The number of likely N-dealkylation sites (tertiary alicyclic amines) is 1. The number of hydrogen-bond acceptors (Lipinski definition) is 2. The van der Waals surface area contributed by atoms with E-state index in [0.29, 0.717) is 17.1 Å². The van der Waals surface area contributed by atoms with E-state index < -0.39 is 0 Å². The molecule has 2 bridgehead atoms. The van der Waals surface area contributed by atoms with Gasteiger partial charge in [-0.2, -0.15) is 0 Å². The third-order valence-corrected chi connectivity index (χ3v) is 5.36. The number of carbonyl (C=O) groups excluding carboxylic acids is 1. The first-order valence-electron chi connectivity index (χ1n) is 8.07. The first kappa shape index (κ1) is 15.6. The zero-order valence-electron chi connectivity index (χ0n) is 13.3. The molecule has 0 radical (unpaired) electrons. The molecule has 1 N–H and O–H groups in total. The van der Waals surface area contributed by atoms with Gasteiger partial charge >= 0.3 is 6.03 Å². The second-order valence-electron chi connectivity index (χ2n) is 6.51. The van der Waals surface area contributed by atoms with Crippen molar-refractivity contribution >= 4 is 17.6 Å². The molecule has 0 saturated carbocycles. The fourth-order valence-corrected chi connectivity index (χ4v) is 3.83. The van der Waals surface area contributed by atoms with E-state index in [2.05, 4.69) is 17.3 Å². The molecule has 1 aromatic carbocycles. The third kappa shape index (κ3) is 3.23. The van der Waals surface area contributed by atoms with Crippen LogP contribution in [0.5, 0.6) is 0 Å². The molecule has 120 valence electrons.